The quantitative estimate of drug-likeness (QED) is 0.516. The Morgan fingerprint density at radius 3 is 2.59 bits per heavy atom. The summed E-state index contributed by atoms with van der Waals surface area (Å²) in [5.74, 6) is 0.0471. The number of methoxy groups -OCH3 is 1. The molecular weight excluding hydrogens is 216 g/mol. The van der Waals surface area contributed by atoms with E-state index in [0.29, 0.717) is 12.5 Å². The molecule has 4 heteroatoms. The molecule has 0 heterocycles. The fourth-order valence-electron chi connectivity index (χ4n) is 2.31. The summed E-state index contributed by atoms with van der Waals surface area (Å²) in [6.07, 6.45) is 5.70. The highest BCUT2D eigenvalue weighted by molar-refractivity contribution is 5.81. The van der Waals surface area contributed by atoms with E-state index in [1.165, 1.54) is 20.0 Å². The molecule has 100 valence electrons. The van der Waals surface area contributed by atoms with Gasteiger partial charge in [-0.3, -0.25) is 4.79 Å². The molecule has 0 amide bonds. The zero-order chi connectivity index (χ0) is 12.9. The fraction of sp³-hybridized carbons (Fsp3) is 0.923. The Kier molecular flexibility index (Phi) is 5.40. The normalized spacial score (nSPS) is 19.1. The minimum absolute atomic E-state index is 0.262. The van der Waals surface area contributed by atoms with Crippen LogP contribution in [0.15, 0.2) is 0 Å². The summed E-state index contributed by atoms with van der Waals surface area (Å²) in [6.45, 7) is 3.79. The van der Waals surface area contributed by atoms with Crippen LogP contribution in [0.2, 0.25) is 0 Å². The molecule has 0 bridgehead atoms. The Balaban J connectivity index is 2.46. The van der Waals surface area contributed by atoms with Crippen molar-refractivity contribution in [2.24, 2.45) is 11.7 Å². The Hall–Kier alpha value is -0.610. The van der Waals surface area contributed by atoms with E-state index in [1.54, 1.807) is 0 Å². The molecule has 1 fully saturated rings. The molecule has 1 unspecified atom stereocenters. The second-order valence-electron chi connectivity index (χ2n) is 5.25. The van der Waals surface area contributed by atoms with Gasteiger partial charge in [-0.2, -0.15) is 0 Å². The Morgan fingerprint density at radius 1 is 1.47 bits per heavy atom. The van der Waals surface area contributed by atoms with E-state index >= 15 is 0 Å². The van der Waals surface area contributed by atoms with Crippen molar-refractivity contribution in [1.82, 2.24) is 4.90 Å². The number of hydrogen-bond acceptors (Lipinski definition) is 4. The zero-order valence-corrected chi connectivity index (χ0v) is 11.4. The van der Waals surface area contributed by atoms with E-state index in [-0.39, 0.29) is 5.97 Å². The van der Waals surface area contributed by atoms with Gasteiger partial charge in [-0.15, -0.1) is 0 Å². The van der Waals surface area contributed by atoms with E-state index in [2.05, 4.69) is 11.8 Å². The third-order valence-corrected chi connectivity index (χ3v) is 3.55. The summed E-state index contributed by atoms with van der Waals surface area (Å²) in [5, 5.41) is 0. The summed E-state index contributed by atoms with van der Waals surface area (Å²) in [6, 6.07) is 0. The van der Waals surface area contributed by atoms with Crippen LogP contribution in [0.1, 0.15) is 39.0 Å². The van der Waals surface area contributed by atoms with Gasteiger partial charge < -0.3 is 15.4 Å². The third kappa shape index (κ3) is 3.96. The van der Waals surface area contributed by atoms with Crippen molar-refractivity contribution in [3.8, 4) is 0 Å². The van der Waals surface area contributed by atoms with Crippen LogP contribution in [0.4, 0.5) is 0 Å². The number of likely N-dealkylation sites (N-methyl/N-ethyl adjacent to an activating group) is 1. The second-order valence-corrected chi connectivity index (χ2v) is 5.25. The lowest BCUT2D eigenvalue weighted by Crippen LogP contribution is -2.58. The summed E-state index contributed by atoms with van der Waals surface area (Å²) >= 11 is 0. The van der Waals surface area contributed by atoms with Gasteiger partial charge in [-0.1, -0.05) is 19.8 Å². The van der Waals surface area contributed by atoms with Gasteiger partial charge in [0.25, 0.3) is 0 Å². The van der Waals surface area contributed by atoms with Gasteiger partial charge >= 0.3 is 5.97 Å². The topological polar surface area (TPSA) is 55.6 Å². The van der Waals surface area contributed by atoms with Crippen LogP contribution in [0.5, 0.6) is 0 Å². The molecular formula is C13H26N2O2. The Morgan fingerprint density at radius 2 is 2.12 bits per heavy atom. The predicted octanol–water partition coefficient (Wildman–Crippen LogP) is 1.39. The smallest absolute Gasteiger partial charge is 0.327 e. The number of hydrogen-bond donors (Lipinski definition) is 1. The minimum atomic E-state index is -0.796. The number of unbranched alkanes of at least 4 members (excludes halogenated alkanes) is 2. The molecule has 1 rings (SSSR count). The standard InChI is InChI=1S/C13H26N2O2/c1-4-5-6-9-15(2)10-13(14,11-7-8-11)12(16)17-3/h11H,4-10,14H2,1-3H3. The third-order valence-electron chi connectivity index (χ3n) is 3.55. The Labute approximate surface area is 104 Å². The second kappa shape index (κ2) is 6.36. The fourth-order valence-corrected chi connectivity index (χ4v) is 2.31. The van der Waals surface area contributed by atoms with Gasteiger partial charge in [0.2, 0.25) is 0 Å². The molecule has 0 aromatic carbocycles. The summed E-state index contributed by atoms with van der Waals surface area (Å²) in [5.41, 5.74) is 5.45. The van der Waals surface area contributed by atoms with Crippen molar-refractivity contribution in [3.05, 3.63) is 0 Å². The zero-order valence-electron chi connectivity index (χ0n) is 11.4. The highest BCUT2D eigenvalue weighted by atomic mass is 16.5. The van der Waals surface area contributed by atoms with Crippen molar-refractivity contribution in [2.75, 3.05) is 27.2 Å². The number of rotatable bonds is 8. The molecule has 0 spiro atoms. The molecule has 2 N–H and O–H groups in total. The van der Waals surface area contributed by atoms with Crippen LogP contribution >= 0.6 is 0 Å². The van der Waals surface area contributed by atoms with Crippen LogP contribution in [0.3, 0.4) is 0 Å². The van der Waals surface area contributed by atoms with Crippen molar-refractivity contribution in [3.63, 3.8) is 0 Å². The van der Waals surface area contributed by atoms with Gasteiger partial charge in [0.05, 0.1) is 7.11 Å². The number of esters is 1. The van der Waals surface area contributed by atoms with E-state index < -0.39 is 5.54 Å². The summed E-state index contributed by atoms with van der Waals surface area (Å²) in [7, 11) is 3.45. The number of ether oxygens (including phenoxy) is 1. The molecule has 4 nitrogen and oxygen atoms in total. The van der Waals surface area contributed by atoms with Crippen LogP contribution < -0.4 is 5.73 Å². The molecule has 17 heavy (non-hydrogen) atoms. The van der Waals surface area contributed by atoms with Crippen molar-refractivity contribution >= 4 is 5.97 Å². The number of carbonyl (C=O) groups is 1. The predicted molar refractivity (Wildman–Crippen MR) is 68.7 cm³/mol. The van der Waals surface area contributed by atoms with Crippen molar-refractivity contribution < 1.29 is 9.53 Å². The minimum Gasteiger partial charge on any atom is -0.468 e. The first-order valence-electron chi connectivity index (χ1n) is 6.60. The highest BCUT2D eigenvalue weighted by Crippen LogP contribution is 2.39. The van der Waals surface area contributed by atoms with Crippen molar-refractivity contribution in [1.29, 1.82) is 0 Å². The van der Waals surface area contributed by atoms with Gasteiger partial charge in [-0.25, -0.2) is 0 Å². The maximum atomic E-state index is 11.8. The molecule has 1 saturated carbocycles. The van der Waals surface area contributed by atoms with Crippen LogP contribution in [0.25, 0.3) is 0 Å². The molecule has 0 aromatic rings. The SMILES string of the molecule is CCCCCN(C)CC(N)(C(=O)OC)C1CC1. The average Bonchev–Trinajstić information content (AvgIpc) is 3.12. The van der Waals surface area contributed by atoms with Gasteiger partial charge in [0.1, 0.15) is 5.54 Å². The largest absolute Gasteiger partial charge is 0.468 e. The van der Waals surface area contributed by atoms with E-state index in [4.69, 9.17) is 10.5 Å². The Bertz CT molecular complexity index is 254. The maximum absolute atomic E-state index is 11.8. The molecule has 0 aliphatic heterocycles. The van der Waals surface area contributed by atoms with E-state index in [0.717, 1.165) is 25.8 Å². The van der Waals surface area contributed by atoms with Gasteiger partial charge in [0, 0.05) is 6.54 Å². The number of carbonyl (C=O) groups excluding carboxylic acids is 1. The summed E-state index contributed by atoms with van der Waals surface area (Å²) < 4.78 is 4.85. The summed E-state index contributed by atoms with van der Waals surface area (Å²) in [4.78, 5) is 14.0. The molecule has 0 saturated heterocycles. The molecule has 0 radical (unpaired) electrons. The van der Waals surface area contributed by atoms with Crippen molar-refractivity contribution in [2.45, 2.75) is 44.6 Å². The molecule has 1 aliphatic rings. The van der Waals surface area contributed by atoms with E-state index in [1.807, 2.05) is 7.05 Å². The maximum Gasteiger partial charge on any atom is 0.327 e. The number of nitrogens with two attached hydrogens (primary N) is 1. The van der Waals surface area contributed by atoms with Gasteiger partial charge in [0.15, 0.2) is 0 Å². The first-order chi connectivity index (χ1) is 8.04. The number of nitrogens with zero attached hydrogens (tertiary/aromatic N) is 1. The molecule has 1 atom stereocenters. The van der Waals surface area contributed by atoms with Crippen LogP contribution in [-0.4, -0.2) is 43.7 Å². The first kappa shape index (κ1) is 14.5. The molecule has 1 aliphatic carbocycles. The first-order valence-corrected chi connectivity index (χ1v) is 6.60. The highest BCUT2D eigenvalue weighted by Gasteiger charge is 2.49. The van der Waals surface area contributed by atoms with Gasteiger partial charge in [-0.05, 0) is 38.8 Å². The lowest BCUT2D eigenvalue weighted by molar-refractivity contribution is -0.148. The lowest BCUT2D eigenvalue weighted by atomic mass is 9.94. The van der Waals surface area contributed by atoms with E-state index in [9.17, 15) is 4.79 Å². The lowest BCUT2D eigenvalue weighted by Gasteiger charge is -2.31. The monoisotopic (exact) mass is 242 g/mol. The van der Waals surface area contributed by atoms with Crippen LogP contribution in [-0.2, 0) is 9.53 Å². The van der Waals surface area contributed by atoms with Crippen LogP contribution in [0, 0.1) is 5.92 Å². The average molecular weight is 242 g/mol. The molecule has 0 aromatic heterocycles.